The second-order valence-corrected chi connectivity index (χ2v) is 3.45. The van der Waals surface area contributed by atoms with Crippen molar-refractivity contribution >= 4 is 5.78 Å². The molecule has 0 N–H and O–H groups in total. The third kappa shape index (κ3) is 2.86. The van der Waals surface area contributed by atoms with Crippen LogP contribution >= 0.6 is 0 Å². The Morgan fingerprint density at radius 3 is 2.67 bits per heavy atom. The number of aryl methyl sites for hydroxylation is 1. The van der Waals surface area contributed by atoms with Crippen molar-refractivity contribution in [3.63, 3.8) is 0 Å². The Hall–Kier alpha value is -1.22. The Morgan fingerprint density at radius 1 is 1.53 bits per heavy atom. The number of benzene rings is 1. The highest BCUT2D eigenvalue weighted by molar-refractivity contribution is 5.81. The Morgan fingerprint density at radius 2 is 2.20 bits per heavy atom. The first-order valence-electron chi connectivity index (χ1n) is 4.94. The van der Waals surface area contributed by atoms with Crippen LogP contribution in [0.4, 0.5) is 4.39 Å². The quantitative estimate of drug-likeness (QED) is 0.763. The first-order valence-corrected chi connectivity index (χ1v) is 4.94. The standard InChI is InChI=1S/C12H15FO2/c1-4-15-12(9(3)14)10-5-6-11(13)8(2)7-10/h5-7,12H,4H2,1-3H3. The zero-order chi connectivity index (χ0) is 11.4. The van der Waals surface area contributed by atoms with E-state index in [0.717, 1.165) is 0 Å². The van der Waals surface area contributed by atoms with Gasteiger partial charge in [-0.1, -0.05) is 12.1 Å². The molecule has 0 aliphatic heterocycles. The van der Waals surface area contributed by atoms with Gasteiger partial charge in [0.15, 0.2) is 5.78 Å². The molecule has 1 aromatic rings. The Bertz CT molecular complexity index is 361. The molecule has 0 aliphatic carbocycles. The van der Waals surface area contributed by atoms with Crippen molar-refractivity contribution in [3.8, 4) is 0 Å². The minimum Gasteiger partial charge on any atom is -0.366 e. The van der Waals surface area contributed by atoms with Gasteiger partial charge >= 0.3 is 0 Å². The molecule has 1 unspecified atom stereocenters. The van der Waals surface area contributed by atoms with Crippen molar-refractivity contribution in [3.05, 3.63) is 35.1 Å². The van der Waals surface area contributed by atoms with Gasteiger partial charge in [0.25, 0.3) is 0 Å². The lowest BCUT2D eigenvalue weighted by Crippen LogP contribution is -2.13. The molecule has 0 saturated heterocycles. The maximum Gasteiger partial charge on any atom is 0.163 e. The number of hydrogen-bond acceptors (Lipinski definition) is 2. The molecule has 0 fully saturated rings. The minimum atomic E-state index is -0.575. The van der Waals surface area contributed by atoms with Crippen LogP contribution in [0.1, 0.15) is 31.1 Å². The molecule has 0 saturated carbocycles. The van der Waals surface area contributed by atoms with E-state index in [2.05, 4.69) is 0 Å². The number of ketones is 1. The first-order chi connectivity index (χ1) is 7.06. The van der Waals surface area contributed by atoms with E-state index in [1.54, 1.807) is 19.1 Å². The molecule has 0 bridgehead atoms. The predicted molar refractivity (Wildman–Crippen MR) is 56.2 cm³/mol. The third-order valence-corrected chi connectivity index (χ3v) is 2.19. The van der Waals surface area contributed by atoms with Gasteiger partial charge in [-0.25, -0.2) is 4.39 Å². The lowest BCUT2D eigenvalue weighted by atomic mass is 10.0. The lowest BCUT2D eigenvalue weighted by molar-refractivity contribution is -0.128. The Kier molecular flexibility index (Phi) is 3.97. The van der Waals surface area contributed by atoms with Crippen molar-refractivity contribution in [1.29, 1.82) is 0 Å². The summed E-state index contributed by atoms with van der Waals surface area (Å²) in [5.74, 6) is -0.333. The SMILES string of the molecule is CCOC(C(C)=O)c1ccc(F)c(C)c1. The topological polar surface area (TPSA) is 26.3 Å². The van der Waals surface area contributed by atoms with Gasteiger partial charge in [-0.3, -0.25) is 4.79 Å². The largest absolute Gasteiger partial charge is 0.366 e. The van der Waals surface area contributed by atoms with E-state index in [1.165, 1.54) is 13.0 Å². The van der Waals surface area contributed by atoms with Gasteiger partial charge in [-0.15, -0.1) is 0 Å². The molecule has 3 heteroatoms. The predicted octanol–water partition coefficient (Wildman–Crippen LogP) is 2.80. The monoisotopic (exact) mass is 210 g/mol. The second kappa shape index (κ2) is 5.03. The normalized spacial score (nSPS) is 12.5. The van der Waals surface area contributed by atoms with E-state index in [9.17, 15) is 9.18 Å². The zero-order valence-corrected chi connectivity index (χ0v) is 9.21. The van der Waals surface area contributed by atoms with E-state index in [-0.39, 0.29) is 11.6 Å². The highest BCUT2D eigenvalue weighted by Crippen LogP contribution is 2.20. The van der Waals surface area contributed by atoms with Crippen molar-refractivity contribution in [2.24, 2.45) is 0 Å². The van der Waals surface area contributed by atoms with Crippen molar-refractivity contribution in [1.82, 2.24) is 0 Å². The second-order valence-electron chi connectivity index (χ2n) is 3.45. The number of Topliss-reactive ketones (excluding diaryl/α,β-unsaturated/α-hetero) is 1. The Balaban J connectivity index is 3.01. The lowest BCUT2D eigenvalue weighted by Gasteiger charge is -2.14. The van der Waals surface area contributed by atoms with Gasteiger partial charge < -0.3 is 4.74 Å². The molecule has 82 valence electrons. The van der Waals surface area contributed by atoms with Crippen LogP contribution in [0.3, 0.4) is 0 Å². The summed E-state index contributed by atoms with van der Waals surface area (Å²) in [6.45, 7) is 5.42. The number of carbonyl (C=O) groups is 1. The highest BCUT2D eigenvalue weighted by atomic mass is 19.1. The summed E-state index contributed by atoms with van der Waals surface area (Å²) in [4.78, 5) is 11.3. The number of ether oxygens (including phenoxy) is 1. The molecule has 1 aromatic carbocycles. The molecule has 1 rings (SSSR count). The van der Waals surface area contributed by atoms with Gasteiger partial charge in [-0.2, -0.15) is 0 Å². The molecule has 1 atom stereocenters. The van der Waals surface area contributed by atoms with Crippen molar-refractivity contribution in [2.75, 3.05) is 6.61 Å². The molecule has 0 aliphatic rings. The number of hydrogen-bond donors (Lipinski definition) is 0. The maximum absolute atomic E-state index is 13.0. The van der Waals surface area contributed by atoms with Gasteiger partial charge in [0, 0.05) is 6.61 Å². The summed E-state index contributed by atoms with van der Waals surface area (Å²) in [6, 6.07) is 4.60. The third-order valence-electron chi connectivity index (χ3n) is 2.19. The first kappa shape index (κ1) is 11.9. The summed E-state index contributed by atoms with van der Waals surface area (Å²) in [7, 11) is 0. The molecule has 0 amide bonds. The molecular weight excluding hydrogens is 195 g/mol. The van der Waals surface area contributed by atoms with Crippen LogP contribution in [-0.2, 0) is 9.53 Å². The smallest absolute Gasteiger partial charge is 0.163 e. The molecule has 0 spiro atoms. The van der Waals surface area contributed by atoms with Crippen LogP contribution in [0.15, 0.2) is 18.2 Å². The van der Waals surface area contributed by atoms with Gasteiger partial charge in [0.1, 0.15) is 11.9 Å². The van der Waals surface area contributed by atoms with E-state index < -0.39 is 6.10 Å². The Labute approximate surface area is 89.1 Å². The van der Waals surface area contributed by atoms with Crippen LogP contribution in [0.2, 0.25) is 0 Å². The van der Waals surface area contributed by atoms with Crippen LogP contribution in [0, 0.1) is 12.7 Å². The minimum absolute atomic E-state index is 0.0668. The maximum atomic E-state index is 13.0. The summed E-state index contributed by atoms with van der Waals surface area (Å²) in [5, 5.41) is 0. The average molecular weight is 210 g/mol. The number of rotatable bonds is 4. The molecular formula is C12H15FO2. The van der Waals surface area contributed by atoms with Crippen LogP contribution in [0.5, 0.6) is 0 Å². The van der Waals surface area contributed by atoms with Crippen LogP contribution in [0.25, 0.3) is 0 Å². The fourth-order valence-corrected chi connectivity index (χ4v) is 1.45. The zero-order valence-electron chi connectivity index (χ0n) is 9.21. The average Bonchev–Trinajstić information content (AvgIpc) is 2.18. The van der Waals surface area contributed by atoms with Crippen LogP contribution < -0.4 is 0 Å². The summed E-state index contributed by atoms with van der Waals surface area (Å²) in [5.41, 5.74) is 1.24. The van der Waals surface area contributed by atoms with Gasteiger partial charge in [-0.05, 0) is 38.0 Å². The summed E-state index contributed by atoms with van der Waals surface area (Å²) >= 11 is 0. The fourth-order valence-electron chi connectivity index (χ4n) is 1.45. The van der Waals surface area contributed by atoms with Crippen LogP contribution in [-0.4, -0.2) is 12.4 Å². The van der Waals surface area contributed by atoms with Gasteiger partial charge in [0.2, 0.25) is 0 Å². The summed E-state index contributed by atoms with van der Waals surface area (Å²) in [6.07, 6.45) is -0.575. The van der Waals surface area contributed by atoms with E-state index in [4.69, 9.17) is 4.74 Å². The van der Waals surface area contributed by atoms with E-state index in [1.807, 2.05) is 6.92 Å². The van der Waals surface area contributed by atoms with E-state index >= 15 is 0 Å². The molecule has 0 aromatic heterocycles. The molecule has 0 radical (unpaired) electrons. The summed E-state index contributed by atoms with van der Waals surface area (Å²) < 4.78 is 18.3. The fraction of sp³-hybridized carbons (Fsp3) is 0.417. The van der Waals surface area contributed by atoms with Gasteiger partial charge in [0.05, 0.1) is 0 Å². The van der Waals surface area contributed by atoms with Crippen molar-refractivity contribution < 1.29 is 13.9 Å². The molecule has 15 heavy (non-hydrogen) atoms. The van der Waals surface area contributed by atoms with Crippen molar-refractivity contribution in [2.45, 2.75) is 26.9 Å². The number of carbonyl (C=O) groups excluding carboxylic acids is 1. The van der Waals surface area contributed by atoms with E-state index in [0.29, 0.717) is 17.7 Å². The highest BCUT2D eigenvalue weighted by Gasteiger charge is 2.17. The number of halogens is 1. The molecule has 2 nitrogen and oxygen atoms in total. The molecule has 0 heterocycles.